The van der Waals surface area contributed by atoms with E-state index in [4.69, 9.17) is 0 Å². The quantitative estimate of drug-likeness (QED) is 0.145. The van der Waals surface area contributed by atoms with Gasteiger partial charge in [-0.1, -0.05) is 170 Å². The smallest absolute Gasteiger partial charge is 0.0462 e. The molecule has 0 bridgehead atoms. The summed E-state index contributed by atoms with van der Waals surface area (Å²) in [4.78, 5) is 2.37. The standard InChI is InChI=1S/C60H39NS/c1-3-14-53-43(9-1)11-8-17-55(53)48-13-7-12-45(37-48)40-21-29-50(30-22-40)61(52-33-25-42(26-34-52)47-28-36-60-58(39-47)57-16-5-6-18-59(57)62-60)51-31-23-41(24-32-51)46-27-35-56-49(38-46)20-19-44-10-2-4-15-54(44)56/h1-39H. The zero-order valence-electron chi connectivity index (χ0n) is 33.9. The van der Waals surface area contributed by atoms with Gasteiger partial charge in [0.15, 0.2) is 0 Å². The summed E-state index contributed by atoms with van der Waals surface area (Å²) in [7, 11) is 0. The minimum Gasteiger partial charge on any atom is -0.311 e. The lowest BCUT2D eigenvalue weighted by Gasteiger charge is -2.26. The summed E-state index contributed by atoms with van der Waals surface area (Å²) >= 11 is 1.86. The summed E-state index contributed by atoms with van der Waals surface area (Å²) in [5.74, 6) is 0. The van der Waals surface area contributed by atoms with Crippen LogP contribution in [0.5, 0.6) is 0 Å². The maximum absolute atomic E-state index is 2.37. The third-order valence-corrected chi connectivity index (χ3v) is 13.6. The number of rotatable bonds is 7. The minimum absolute atomic E-state index is 1.10. The zero-order valence-corrected chi connectivity index (χ0v) is 34.7. The van der Waals surface area contributed by atoms with Crippen molar-refractivity contribution in [1.29, 1.82) is 0 Å². The number of hydrogen-bond acceptors (Lipinski definition) is 2. The first-order chi connectivity index (χ1) is 30.7. The fourth-order valence-electron chi connectivity index (χ4n) is 9.30. The van der Waals surface area contributed by atoms with Crippen molar-refractivity contribution in [2.75, 3.05) is 4.90 Å². The lowest BCUT2D eigenvalue weighted by molar-refractivity contribution is 1.28. The maximum Gasteiger partial charge on any atom is 0.0462 e. The normalized spacial score (nSPS) is 11.5. The molecule has 0 saturated heterocycles. The average Bonchev–Trinajstić information content (AvgIpc) is 3.72. The fraction of sp³-hybridized carbons (Fsp3) is 0. The van der Waals surface area contributed by atoms with Gasteiger partial charge >= 0.3 is 0 Å². The first kappa shape index (κ1) is 36.1. The van der Waals surface area contributed by atoms with E-state index in [0.717, 1.165) is 17.1 Å². The number of fused-ring (bicyclic) bond motifs is 7. The Morgan fingerprint density at radius 2 is 0.710 bits per heavy atom. The summed E-state index contributed by atoms with van der Waals surface area (Å²) in [6.07, 6.45) is 0. The van der Waals surface area contributed by atoms with Crippen LogP contribution in [0.15, 0.2) is 237 Å². The molecule has 2 heteroatoms. The maximum atomic E-state index is 2.37. The largest absolute Gasteiger partial charge is 0.311 e. The highest BCUT2D eigenvalue weighted by Gasteiger charge is 2.15. The van der Waals surface area contributed by atoms with Gasteiger partial charge in [0.2, 0.25) is 0 Å². The van der Waals surface area contributed by atoms with E-state index in [9.17, 15) is 0 Å². The highest BCUT2D eigenvalue weighted by molar-refractivity contribution is 7.25. The van der Waals surface area contributed by atoms with E-state index in [2.05, 4.69) is 241 Å². The van der Waals surface area contributed by atoms with Gasteiger partial charge in [0.1, 0.15) is 0 Å². The highest BCUT2D eigenvalue weighted by Crippen LogP contribution is 2.41. The molecule has 0 spiro atoms. The molecule has 0 amide bonds. The molecule has 0 atom stereocenters. The molecular formula is C60H39NS. The Labute approximate surface area is 365 Å². The summed E-state index contributed by atoms with van der Waals surface area (Å²) < 4.78 is 2.65. The van der Waals surface area contributed by atoms with Gasteiger partial charge in [-0.2, -0.15) is 0 Å². The fourth-order valence-corrected chi connectivity index (χ4v) is 10.4. The van der Waals surface area contributed by atoms with Crippen LogP contribution in [0.25, 0.3) is 97.0 Å². The van der Waals surface area contributed by atoms with Gasteiger partial charge < -0.3 is 4.90 Å². The van der Waals surface area contributed by atoms with Crippen molar-refractivity contribution in [2.45, 2.75) is 0 Å². The van der Waals surface area contributed by atoms with Crippen LogP contribution in [-0.2, 0) is 0 Å². The van der Waals surface area contributed by atoms with Gasteiger partial charge in [-0.05, 0) is 144 Å². The number of benzene rings is 11. The second kappa shape index (κ2) is 15.0. The first-order valence-electron chi connectivity index (χ1n) is 21.2. The van der Waals surface area contributed by atoms with E-state index in [-0.39, 0.29) is 0 Å². The molecule has 0 aliphatic rings. The molecule has 1 heterocycles. The molecule has 0 saturated carbocycles. The number of thiophene rings is 1. The molecule has 1 nitrogen and oxygen atoms in total. The van der Waals surface area contributed by atoms with Crippen LogP contribution >= 0.6 is 11.3 Å². The molecule has 1 aromatic heterocycles. The molecular weight excluding hydrogens is 767 g/mol. The molecule has 12 aromatic rings. The Hall–Kier alpha value is -7.78. The van der Waals surface area contributed by atoms with Crippen molar-refractivity contribution >= 4 is 80.9 Å². The van der Waals surface area contributed by atoms with E-state index < -0.39 is 0 Å². The number of hydrogen-bond donors (Lipinski definition) is 0. The van der Waals surface area contributed by atoms with Crippen molar-refractivity contribution in [1.82, 2.24) is 0 Å². The highest BCUT2D eigenvalue weighted by atomic mass is 32.1. The topological polar surface area (TPSA) is 3.24 Å². The predicted molar refractivity (Wildman–Crippen MR) is 268 cm³/mol. The van der Waals surface area contributed by atoms with Crippen molar-refractivity contribution in [3.8, 4) is 44.5 Å². The van der Waals surface area contributed by atoms with E-state index >= 15 is 0 Å². The molecule has 0 aliphatic carbocycles. The Kier molecular flexibility index (Phi) is 8.76. The van der Waals surface area contributed by atoms with Crippen LogP contribution in [-0.4, -0.2) is 0 Å². The monoisotopic (exact) mass is 805 g/mol. The van der Waals surface area contributed by atoms with Crippen LogP contribution in [0.4, 0.5) is 17.1 Å². The molecule has 62 heavy (non-hydrogen) atoms. The van der Waals surface area contributed by atoms with Gasteiger partial charge in [0.05, 0.1) is 0 Å². The van der Waals surface area contributed by atoms with Gasteiger partial charge in [-0.25, -0.2) is 0 Å². The zero-order chi connectivity index (χ0) is 41.0. The van der Waals surface area contributed by atoms with Crippen LogP contribution < -0.4 is 4.90 Å². The van der Waals surface area contributed by atoms with Crippen LogP contribution in [0.1, 0.15) is 0 Å². The van der Waals surface area contributed by atoms with E-state index in [1.807, 2.05) is 11.3 Å². The van der Waals surface area contributed by atoms with Crippen LogP contribution in [0, 0.1) is 0 Å². The molecule has 0 fully saturated rings. The van der Waals surface area contributed by atoms with Crippen molar-refractivity contribution in [3.05, 3.63) is 237 Å². The summed E-state index contributed by atoms with van der Waals surface area (Å²) in [5.41, 5.74) is 13.0. The molecule has 11 aromatic carbocycles. The summed E-state index contributed by atoms with van der Waals surface area (Å²) in [6.45, 7) is 0. The number of anilines is 3. The van der Waals surface area contributed by atoms with Gasteiger partial charge in [0, 0.05) is 37.2 Å². The molecule has 12 rings (SSSR count). The van der Waals surface area contributed by atoms with Gasteiger partial charge in [-0.3, -0.25) is 0 Å². The third kappa shape index (κ3) is 6.41. The third-order valence-electron chi connectivity index (χ3n) is 12.5. The molecule has 0 unspecified atom stereocenters. The summed E-state index contributed by atoms with van der Waals surface area (Å²) in [6, 6.07) is 86.7. The lowest BCUT2D eigenvalue weighted by Crippen LogP contribution is -2.09. The molecule has 0 radical (unpaired) electrons. The minimum atomic E-state index is 1.10. The second-order valence-corrected chi connectivity index (χ2v) is 17.2. The van der Waals surface area contributed by atoms with E-state index in [1.54, 1.807) is 0 Å². The SMILES string of the molecule is c1cc(-c2ccc(N(c3ccc(-c4ccc5c(ccc6ccccc65)c4)cc3)c3ccc(-c4ccc5sc6ccccc6c5c4)cc3)cc2)cc(-c2cccc3ccccc23)c1. The van der Waals surface area contributed by atoms with Crippen LogP contribution in [0.3, 0.4) is 0 Å². The Bertz CT molecular complexity index is 3610. The Balaban J connectivity index is 0.907. The average molecular weight is 806 g/mol. The molecule has 0 N–H and O–H groups in total. The van der Waals surface area contributed by atoms with Crippen LogP contribution in [0.2, 0.25) is 0 Å². The Morgan fingerprint density at radius 3 is 1.42 bits per heavy atom. The first-order valence-corrected chi connectivity index (χ1v) is 22.0. The van der Waals surface area contributed by atoms with Crippen molar-refractivity contribution < 1.29 is 0 Å². The molecule has 290 valence electrons. The Morgan fingerprint density at radius 1 is 0.242 bits per heavy atom. The van der Waals surface area contributed by atoms with E-state index in [0.29, 0.717) is 0 Å². The second-order valence-electron chi connectivity index (χ2n) is 16.1. The predicted octanol–water partition coefficient (Wildman–Crippen LogP) is 17.7. The van der Waals surface area contributed by atoms with Crippen molar-refractivity contribution in [3.63, 3.8) is 0 Å². The van der Waals surface area contributed by atoms with Gasteiger partial charge in [-0.15, -0.1) is 11.3 Å². The number of nitrogens with zero attached hydrogens (tertiary/aromatic N) is 1. The van der Waals surface area contributed by atoms with Gasteiger partial charge in [0.25, 0.3) is 0 Å². The van der Waals surface area contributed by atoms with Crippen molar-refractivity contribution in [2.24, 2.45) is 0 Å². The summed E-state index contributed by atoms with van der Waals surface area (Å²) in [5, 5.41) is 10.3. The van der Waals surface area contributed by atoms with E-state index in [1.165, 1.54) is 97.0 Å². The molecule has 0 aliphatic heterocycles. The lowest BCUT2D eigenvalue weighted by atomic mass is 9.95.